The number of nitrogens with one attached hydrogen (secondary N) is 1. The number of halogens is 5. The van der Waals surface area contributed by atoms with Crippen molar-refractivity contribution in [1.29, 1.82) is 0 Å². The fraction of sp³-hybridized carbons (Fsp3) is 0.333. The summed E-state index contributed by atoms with van der Waals surface area (Å²) in [6.45, 7) is 1.43. The molecule has 0 spiro atoms. The predicted octanol–water partition coefficient (Wildman–Crippen LogP) is 2.42. The molecule has 4 rings (SSSR count). The molecule has 2 aromatic heterocycles. The number of benzene rings is 1. The second-order valence-corrected chi connectivity index (χ2v) is 10.3. The number of sulfone groups is 1. The average Bonchev–Trinajstić information content (AvgIpc) is 3.60. The number of nitrogens with zero attached hydrogens (tertiary/aromatic N) is 5. The zero-order chi connectivity index (χ0) is 28.7. The van der Waals surface area contributed by atoms with E-state index in [1.165, 1.54) is 17.7 Å². The lowest BCUT2D eigenvalue weighted by atomic mass is 10.2. The summed E-state index contributed by atoms with van der Waals surface area (Å²) in [4.78, 5) is 35.4. The summed E-state index contributed by atoms with van der Waals surface area (Å²) < 4.78 is 93.2. The van der Waals surface area contributed by atoms with Crippen molar-refractivity contribution < 1.29 is 44.7 Å². The number of hydrogen-bond donors (Lipinski definition) is 2. The molecule has 1 atom stereocenters. The van der Waals surface area contributed by atoms with Gasteiger partial charge in [-0.2, -0.15) is 13.5 Å². The van der Waals surface area contributed by atoms with Crippen molar-refractivity contribution in [3.8, 4) is 11.6 Å². The number of carbonyl (C=O) groups excluding carboxylic acids is 2. The summed E-state index contributed by atoms with van der Waals surface area (Å²) in [5.41, 5.74) is 4.41. The largest absolute Gasteiger partial charge is 0.573 e. The van der Waals surface area contributed by atoms with Gasteiger partial charge in [0.25, 0.3) is 11.8 Å². The van der Waals surface area contributed by atoms with Gasteiger partial charge in [0.15, 0.2) is 17.5 Å². The quantitative estimate of drug-likeness (QED) is 0.364. The summed E-state index contributed by atoms with van der Waals surface area (Å²) in [6, 6.07) is 1.47. The van der Waals surface area contributed by atoms with Crippen molar-refractivity contribution >= 4 is 21.7 Å². The lowest BCUT2D eigenvalue weighted by molar-refractivity contribution is -0.274. The summed E-state index contributed by atoms with van der Waals surface area (Å²) >= 11 is 0. The number of hydrogen-bond acceptors (Lipinski definition) is 9. The first-order valence-electron chi connectivity index (χ1n) is 11.0. The lowest BCUT2D eigenvalue weighted by Gasteiger charge is -2.16. The van der Waals surface area contributed by atoms with Crippen LogP contribution in [0.1, 0.15) is 64.2 Å². The van der Waals surface area contributed by atoms with Crippen LogP contribution in [0.3, 0.4) is 0 Å². The molecule has 39 heavy (non-hydrogen) atoms. The molecule has 0 radical (unpaired) electrons. The van der Waals surface area contributed by atoms with Gasteiger partial charge in [-0.25, -0.2) is 23.4 Å². The van der Waals surface area contributed by atoms with Crippen LogP contribution in [0, 0.1) is 0 Å². The van der Waals surface area contributed by atoms with E-state index in [9.17, 15) is 40.0 Å². The van der Waals surface area contributed by atoms with Gasteiger partial charge in [0.05, 0.1) is 10.9 Å². The number of primary amides is 1. The van der Waals surface area contributed by atoms with Crippen molar-refractivity contribution in [1.82, 2.24) is 30.0 Å². The molecule has 12 nitrogen and oxygen atoms in total. The molecule has 18 heteroatoms. The molecular formula is C21H18F5N7O5S. The van der Waals surface area contributed by atoms with Crippen molar-refractivity contribution in [3.05, 3.63) is 53.5 Å². The van der Waals surface area contributed by atoms with E-state index in [1.54, 1.807) is 0 Å². The molecule has 3 aromatic rings. The first-order chi connectivity index (χ1) is 18.2. The summed E-state index contributed by atoms with van der Waals surface area (Å²) in [7, 11) is -5.38. The molecule has 1 aliphatic carbocycles. The van der Waals surface area contributed by atoms with Gasteiger partial charge in [0, 0.05) is 17.5 Å². The van der Waals surface area contributed by atoms with Crippen LogP contribution in [0.5, 0.6) is 5.75 Å². The van der Waals surface area contributed by atoms with Gasteiger partial charge in [-0.05, 0) is 38.0 Å². The van der Waals surface area contributed by atoms with Crippen LogP contribution in [-0.2, 0) is 9.84 Å². The number of ether oxygens (including phenoxy) is 1. The highest BCUT2D eigenvalue weighted by atomic mass is 32.2. The van der Waals surface area contributed by atoms with Crippen molar-refractivity contribution in [2.75, 3.05) is 0 Å². The van der Waals surface area contributed by atoms with Gasteiger partial charge in [-0.15, -0.1) is 18.3 Å². The van der Waals surface area contributed by atoms with Crippen molar-refractivity contribution in [3.63, 3.8) is 0 Å². The topological polar surface area (TPSA) is 172 Å². The van der Waals surface area contributed by atoms with Crippen LogP contribution in [0.15, 0.2) is 35.5 Å². The third kappa shape index (κ3) is 6.27. The number of alkyl halides is 5. The monoisotopic (exact) mass is 575 g/mol. The third-order valence-corrected chi connectivity index (χ3v) is 6.75. The molecule has 3 N–H and O–H groups in total. The fourth-order valence-electron chi connectivity index (χ4n) is 3.41. The van der Waals surface area contributed by atoms with Gasteiger partial charge in [0.2, 0.25) is 9.84 Å². The van der Waals surface area contributed by atoms with E-state index in [2.05, 4.69) is 30.1 Å². The Morgan fingerprint density at radius 3 is 2.44 bits per heavy atom. The van der Waals surface area contributed by atoms with Crippen LogP contribution >= 0.6 is 0 Å². The third-order valence-electron chi connectivity index (χ3n) is 5.39. The number of aromatic nitrogens is 5. The van der Waals surface area contributed by atoms with E-state index in [-0.39, 0.29) is 29.3 Å². The second kappa shape index (κ2) is 10.2. The fourth-order valence-corrected chi connectivity index (χ4v) is 4.19. The SMILES string of the molecule is C[C@H](NC(=O)c1cc(OC(F)(F)F)cc(S(=O)(=O)C(F)F)c1)c1nc(C2CC2)nn1-c1cc(C(N)=O)ncn1. The van der Waals surface area contributed by atoms with Gasteiger partial charge in [0.1, 0.15) is 17.8 Å². The molecule has 0 bridgehead atoms. The highest BCUT2D eigenvalue weighted by Crippen LogP contribution is 2.39. The molecule has 1 fully saturated rings. The Labute approximate surface area is 216 Å². The number of amides is 2. The minimum absolute atomic E-state index is 0.0312. The van der Waals surface area contributed by atoms with Gasteiger partial charge >= 0.3 is 12.1 Å². The zero-order valence-corrected chi connectivity index (χ0v) is 20.5. The maximum absolute atomic E-state index is 13.1. The van der Waals surface area contributed by atoms with Gasteiger partial charge < -0.3 is 15.8 Å². The first kappa shape index (κ1) is 27.8. The molecular weight excluding hydrogens is 557 g/mol. The van der Waals surface area contributed by atoms with Crippen LogP contribution in [-0.4, -0.2) is 57.1 Å². The van der Waals surface area contributed by atoms with Crippen LogP contribution < -0.4 is 15.8 Å². The maximum Gasteiger partial charge on any atom is 0.573 e. The van der Waals surface area contributed by atoms with E-state index >= 15 is 0 Å². The van der Waals surface area contributed by atoms with Crippen molar-refractivity contribution in [2.45, 2.75) is 48.7 Å². The molecule has 1 saturated carbocycles. The summed E-state index contributed by atoms with van der Waals surface area (Å²) in [5.74, 6) is -6.56. The molecule has 1 aliphatic rings. The molecule has 2 heterocycles. The van der Waals surface area contributed by atoms with Crippen LogP contribution in [0.4, 0.5) is 22.0 Å². The molecule has 0 aliphatic heterocycles. The second-order valence-electron chi connectivity index (χ2n) is 8.38. The average molecular weight is 575 g/mol. The standard InChI is InChI=1S/C21H18F5N7O5S/c1-9(18-31-17(10-2-3-10)32-33(18)15-7-14(16(27)34)28-8-29-15)30-19(35)11-4-12(38-21(24,25)26)6-13(5-11)39(36,37)20(22)23/h4-10,20H,2-3H2,1H3,(H2,27,34)(H,30,35)/t9-/m0/s1. The van der Waals surface area contributed by atoms with E-state index in [1.807, 2.05) is 0 Å². The summed E-state index contributed by atoms with van der Waals surface area (Å²) in [6.07, 6.45) is -2.65. The smallest absolute Gasteiger partial charge is 0.406 e. The normalized spacial score (nSPS) is 14.7. The number of carbonyl (C=O) groups is 2. The molecule has 2 amide bonds. The Balaban J connectivity index is 1.70. The maximum atomic E-state index is 13.1. The lowest BCUT2D eigenvalue weighted by Crippen LogP contribution is -2.29. The van der Waals surface area contributed by atoms with Gasteiger partial charge in [-0.1, -0.05) is 0 Å². The highest BCUT2D eigenvalue weighted by Gasteiger charge is 2.35. The van der Waals surface area contributed by atoms with Gasteiger partial charge in [-0.3, -0.25) is 9.59 Å². The first-order valence-corrected chi connectivity index (χ1v) is 12.5. The Bertz CT molecular complexity index is 1540. The predicted molar refractivity (Wildman–Crippen MR) is 120 cm³/mol. The molecule has 0 saturated heterocycles. The summed E-state index contributed by atoms with van der Waals surface area (Å²) in [5, 5.41) is 6.78. The van der Waals surface area contributed by atoms with Crippen molar-refractivity contribution in [2.24, 2.45) is 5.73 Å². The molecule has 208 valence electrons. The van der Waals surface area contributed by atoms with E-state index < -0.39 is 56.0 Å². The number of nitrogens with two attached hydrogens (primary N) is 1. The van der Waals surface area contributed by atoms with Crippen LogP contribution in [0.2, 0.25) is 0 Å². The molecule has 0 unspecified atom stereocenters. The van der Waals surface area contributed by atoms with E-state index in [0.29, 0.717) is 18.0 Å². The Morgan fingerprint density at radius 2 is 1.85 bits per heavy atom. The number of rotatable bonds is 9. The highest BCUT2D eigenvalue weighted by molar-refractivity contribution is 7.91. The minimum atomic E-state index is -5.38. The Morgan fingerprint density at radius 1 is 1.15 bits per heavy atom. The van der Waals surface area contributed by atoms with E-state index in [4.69, 9.17) is 5.73 Å². The zero-order valence-electron chi connectivity index (χ0n) is 19.7. The Hall–Kier alpha value is -4.22. The van der Waals surface area contributed by atoms with E-state index in [0.717, 1.165) is 19.2 Å². The minimum Gasteiger partial charge on any atom is -0.406 e. The Kier molecular flexibility index (Phi) is 7.24. The molecule has 1 aromatic carbocycles. The van der Waals surface area contributed by atoms with Crippen LogP contribution in [0.25, 0.3) is 5.82 Å².